The smallest absolute Gasteiger partial charge is 0.319 e. The Morgan fingerprint density at radius 2 is 1.79 bits per heavy atom. The minimum absolute atomic E-state index is 0.0347. The van der Waals surface area contributed by atoms with E-state index >= 15 is 0 Å². The first-order chi connectivity index (χ1) is 11.6. The van der Waals surface area contributed by atoms with Gasteiger partial charge in [-0.2, -0.15) is 0 Å². The zero-order valence-corrected chi connectivity index (χ0v) is 13.7. The van der Waals surface area contributed by atoms with E-state index in [1.807, 2.05) is 60.4 Å². The SMILES string of the molecule is CC1Cc2ccccc2N1C(=O)CCNC(=O)Nc1ccccc1. The largest absolute Gasteiger partial charge is 0.337 e. The maximum Gasteiger partial charge on any atom is 0.319 e. The average molecular weight is 323 g/mol. The van der Waals surface area contributed by atoms with Crippen molar-refractivity contribution in [3.63, 3.8) is 0 Å². The van der Waals surface area contributed by atoms with Crippen molar-refractivity contribution in [2.24, 2.45) is 0 Å². The third-order valence-electron chi connectivity index (χ3n) is 4.13. The number of nitrogens with zero attached hydrogens (tertiary/aromatic N) is 1. The van der Waals surface area contributed by atoms with Crippen molar-refractivity contribution < 1.29 is 9.59 Å². The number of benzene rings is 2. The fourth-order valence-corrected chi connectivity index (χ4v) is 3.05. The van der Waals surface area contributed by atoms with Gasteiger partial charge in [0.1, 0.15) is 0 Å². The van der Waals surface area contributed by atoms with Gasteiger partial charge in [-0.25, -0.2) is 4.79 Å². The lowest BCUT2D eigenvalue weighted by molar-refractivity contribution is -0.118. The molecule has 5 nitrogen and oxygen atoms in total. The molecule has 0 saturated carbocycles. The van der Waals surface area contributed by atoms with Gasteiger partial charge in [0.05, 0.1) is 0 Å². The second-order valence-electron chi connectivity index (χ2n) is 5.94. The number of nitrogens with one attached hydrogen (secondary N) is 2. The maximum atomic E-state index is 12.5. The Labute approximate surface area is 141 Å². The third kappa shape index (κ3) is 3.56. The Balaban J connectivity index is 1.50. The molecule has 124 valence electrons. The quantitative estimate of drug-likeness (QED) is 0.908. The summed E-state index contributed by atoms with van der Waals surface area (Å²) in [6.07, 6.45) is 1.16. The van der Waals surface area contributed by atoms with Gasteiger partial charge in [0.15, 0.2) is 0 Å². The summed E-state index contributed by atoms with van der Waals surface area (Å²) in [6, 6.07) is 17.1. The van der Waals surface area contributed by atoms with Crippen LogP contribution in [0.2, 0.25) is 0 Å². The zero-order chi connectivity index (χ0) is 16.9. The summed E-state index contributed by atoms with van der Waals surface area (Å²) >= 11 is 0. The van der Waals surface area contributed by atoms with Gasteiger partial charge in [0.25, 0.3) is 0 Å². The predicted molar refractivity (Wildman–Crippen MR) is 95.2 cm³/mol. The van der Waals surface area contributed by atoms with E-state index in [4.69, 9.17) is 0 Å². The minimum atomic E-state index is -0.302. The number of urea groups is 1. The Morgan fingerprint density at radius 1 is 1.08 bits per heavy atom. The van der Waals surface area contributed by atoms with E-state index in [-0.39, 0.29) is 24.4 Å². The van der Waals surface area contributed by atoms with Crippen molar-refractivity contribution in [1.29, 1.82) is 0 Å². The van der Waals surface area contributed by atoms with Crippen molar-refractivity contribution in [3.8, 4) is 0 Å². The lowest BCUT2D eigenvalue weighted by atomic mass is 10.1. The topological polar surface area (TPSA) is 61.4 Å². The summed E-state index contributed by atoms with van der Waals surface area (Å²) < 4.78 is 0. The summed E-state index contributed by atoms with van der Waals surface area (Å²) in [5.41, 5.74) is 2.92. The van der Waals surface area contributed by atoms with Gasteiger partial charge in [-0.3, -0.25) is 4.79 Å². The van der Waals surface area contributed by atoms with E-state index in [1.165, 1.54) is 5.56 Å². The van der Waals surface area contributed by atoms with Crippen molar-refractivity contribution in [2.75, 3.05) is 16.8 Å². The van der Waals surface area contributed by atoms with Crippen molar-refractivity contribution in [2.45, 2.75) is 25.8 Å². The lowest BCUT2D eigenvalue weighted by Gasteiger charge is -2.22. The van der Waals surface area contributed by atoms with Crippen molar-refractivity contribution in [1.82, 2.24) is 5.32 Å². The molecule has 2 aromatic carbocycles. The molecule has 24 heavy (non-hydrogen) atoms. The van der Waals surface area contributed by atoms with Crippen LogP contribution in [0.1, 0.15) is 18.9 Å². The van der Waals surface area contributed by atoms with E-state index in [9.17, 15) is 9.59 Å². The summed E-state index contributed by atoms with van der Waals surface area (Å²) in [4.78, 5) is 26.2. The van der Waals surface area contributed by atoms with E-state index < -0.39 is 0 Å². The Hall–Kier alpha value is -2.82. The number of rotatable bonds is 4. The van der Waals surface area contributed by atoms with Gasteiger partial charge in [0.2, 0.25) is 5.91 Å². The molecule has 0 spiro atoms. The van der Waals surface area contributed by atoms with Gasteiger partial charge < -0.3 is 15.5 Å². The number of amides is 3. The summed E-state index contributed by atoms with van der Waals surface area (Å²) in [6.45, 7) is 2.36. The highest BCUT2D eigenvalue weighted by molar-refractivity contribution is 5.96. The Morgan fingerprint density at radius 3 is 2.58 bits per heavy atom. The Kier molecular flexibility index (Phi) is 4.79. The fourth-order valence-electron chi connectivity index (χ4n) is 3.05. The molecule has 1 atom stereocenters. The van der Waals surface area contributed by atoms with Crippen molar-refractivity contribution in [3.05, 3.63) is 60.2 Å². The van der Waals surface area contributed by atoms with Gasteiger partial charge in [-0.1, -0.05) is 36.4 Å². The molecule has 3 amide bonds. The van der Waals surface area contributed by atoms with E-state index in [0.29, 0.717) is 6.54 Å². The molecule has 0 fully saturated rings. The molecular weight excluding hydrogens is 302 g/mol. The van der Waals surface area contributed by atoms with Crippen molar-refractivity contribution >= 4 is 23.3 Å². The first-order valence-electron chi connectivity index (χ1n) is 8.15. The van der Waals surface area contributed by atoms with E-state index in [0.717, 1.165) is 17.8 Å². The van der Waals surface area contributed by atoms with Crippen LogP contribution in [-0.2, 0) is 11.2 Å². The highest BCUT2D eigenvalue weighted by Gasteiger charge is 2.29. The van der Waals surface area contributed by atoms with Gasteiger partial charge in [-0.15, -0.1) is 0 Å². The van der Waals surface area contributed by atoms with Gasteiger partial charge in [-0.05, 0) is 37.1 Å². The second kappa shape index (κ2) is 7.17. The molecule has 1 aliphatic rings. The lowest BCUT2D eigenvalue weighted by Crippen LogP contribution is -2.38. The first kappa shape index (κ1) is 16.1. The molecule has 1 aliphatic heterocycles. The molecule has 0 saturated heterocycles. The molecule has 3 rings (SSSR count). The second-order valence-corrected chi connectivity index (χ2v) is 5.94. The normalized spacial score (nSPS) is 15.7. The molecule has 2 N–H and O–H groups in total. The predicted octanol–water partition coefficient (Wildman–Crippen LogP) is 3.18. The van der Waals surface area contributed by atoms with Crippen LogP contribution >= 0.6 is 0 Å². The van der Waals surface area contributed by atoms with Crippen LogP contribution < -0.4 is 15.5 Å². The number of anilines is 2. The standard InChI is InChI=1S/C19H21N3O2/c1-14-13-15-7-5-6-10-17(15)22(14)18(23)11-12-20-19(24)21-16-8-3-2-4-9-16/h2-10,14H,11-13H2,1H3,(H2,20,21,24). The Bertz CT molecular complexity index is 730. The summed E-state index contributed by atoms with van der Waals surface area (Å²) in [7, 11) is 0. The van der Waals surface area contributed by atoms with E-state index in [2.05, 4.69) is 16.7 Å². The number of carbonyl (C=O) groups excluding carboxylic acids is 2. The van der Waals surface area contributed by atoms with Crippen LogP contribution in [0.4, 0.5) is 16.2 Å². The minimum Gasteiger partial charge on any atom is -0.337 e. The highest BCUT2D eigenvalue weighted by atomic mass is 16.2. The maximum absolute atomic E-state index is 12.5. The number of hydrogen-bond acceptors (Lipinski definition) is 2. The summed E-state index contributed by atoms with van der Waals surface area (Å²) in [5.74, 6) is 0.0347. The monoisotopic (exact) mass is 323 g/mol. The molecule has 0 radical (unpaired) electrons. The van der Waals surface area contributed by atoms with Gasteiger partial charge >= 0.3 is 6.03 Å². The fraction of sp³-hybridized carbons (Fsp3) is 0.263. The van der Waals surface area contributed by atoms with Crippen LogP contribution in [0.25, 0.3) is 0 Å². The summed E-state index contributed by atoms with van der Waals surface area (Å²) in [5, 5.41) is 5.46. The molecular formula is C19H21N3O2. The van der Waals surface area contributed by atoms with Gasteiger partial charge in [0, 0.05) is 30.4 Å². The number of fused-ring (bicyclic) bond motifs is 1. The van der Waals surface area contributed by atoms with Crippen LogP contribution in [0.5, 0.6) is 0 Å². The zero-order valence-electron chi connectivity index (χ0n) is 13.7. The van der Waals surface area contributed by atoms with Crippen LogP contribution in [0.15, 0.2) is 54.6 Å². The molecule has 0 bridgehead atoms. The molecule has 1 heterocycles. The molecule has 1 unspecified atom stereocenters. The first-order valence-corrected chi connectivity index (χ1v) is 8.15. The average Bonchev–Trinajstić information content (AvgIpc) is 2.91. The van der Waals surface area contributed by atoms with Crippen LogP contribution in [0.3, 0.4) is 0 Å². The molecule has 5 heteroatoms. The van der Waals surface area contributed by atoms with Crippen LogP contribution in [0, 0.1) is 0 Å². The van der Waals surface area contributed by atoms with Crippen LogP contribution in [-0.4, -0.2) is 24.5 Å². The third-order valence-corrected chi connectivity index (χ3v) is 4.13. The molecule has 0 aromatic heterocycles. The molecule has 2 aromatic rings. The highest BCUT2D eigenvalue weighted by Crippen LogP contribution is 2.32. The molecule has 0 aliphatic carbocycles. The number of para-hydroxylation sites is 2. The number of carbonyl (C=O) groups is 2. The number of hydrogen-bond donors (Lipinski definition) is 2. The van der Waals surface area contributed by atoms with E-state index in [1.54, 1.807) is 0 Å².